The number of carbonyl (C=O) groups is 1. The number of rotatable bonds is 1. The minimum absolute atomic E-state index is 0.211. The highest BCUT2D eigenvalue weighted by atomic mass is 79.9. The van der Waals surface area contributed by atoms with E-state index < -0.39 is 0 Å². The van der Waals surface area contributed by atoms with Gasteiger partial charge >= 0.3 is 0 Å². The number of fused-ring (bicyclic) bond motifs is 1. The average molecular weight is 251 g/mol. The highest BCUT2D eigenvalue weighted by molar-refractivity contribution is 9.10. The van der Waals surface area contributed by atoms with E-state index in [2.05, 4.69) is 15.9 Å². The number of phenolic OH excluding ortho intramolecular Hbond substituents is 1. The zero-order chi connectivity index (χ0) is 10.1. The molecule has 70 valence electrons. The summed E-state index contributed by atoms with van der Waals surface area (Å²) in [4.78, 5) is 10.6. The zero-order valence-corrected chi connectivity index (χ0v) is 8.78. The van der Waals surface area contributed by atoms with Crippen molar-refractivity contribution in [3.63, 3.8) is 0 Å². The third-order valence-corrected chi connectivity index (χ3v) is 2.70. The largest absolute Gasteiger partial charge is 0.508 e. The highest BCUT2D eigenvalue weighted by Gasteiger charge is 2.02. The molecule has 2 aromatic carbocycles. The molecule has 14 heavy (non-hydrogen) atoms. The first-order valence-electron chi connectivity index (χ1n) is 4.08. The van der Waals surface area contributed by atoms with Gasteiger partial charge in [0.15, 0.2) is 0 Å². The number of carbonyl (C=O) groups excluding carboxylic acids is 1. The van der Waals surface area contributed by atoms with Crippen molar-refractivity contribution in [2.24, 2.45) is 0 Å². The van der Waals surface area contributed by atoms with E-state index in [9.17, 15) is 9.90 Å². The number of aromatic hydroxyl groups is 1. The fraction of sp³-hybridized carbons (Fsp3) is 0. The molecular formula is C11H7BrO2. The molecule has 0 aromatic heterocycles. The molecule has 2 nitrogen and oxygen atoms in total. The van der Waals surface area contributed by atoms with Crippen molar-refractivity contribution in [1.29, 1.82) is 0 Å². The van der Waals surface area contributed by atoms with E-state index in [1.165, 1.54) is 0 Å². The quantitative estimate of drug-likeness (QED) is 0.790. The molecule has 2 rings (SSSR count). The van der Waals surface area contributed by atoms with Crippen LogP contribution >= 0.6 is 15.9 Å². The molecule has 3 heteroatoms. The van der Waals surface area contributed by atoms with E-state index in [4.69, 9.17) is 0 Å². The van der Waals surface area contributed by atoms with Crippen molar-refractivity contribution in [3.8, 4) is 5.75 Å². The van der Waals surface area contributed by atoms with E-state index in [-0.39, 0.29) is 5.75 Å². The smallest absolute Gasteiger partial charge is 0.150 e. The Hall–Kier alpha value is -1.35. The maximum atomic E-state index is 10.6. The van der Waals surface area contributed by atoms with Crippen molar-refractivity contribution in [1.82, 2.24) is 0 Å². The van der Waals surface area contributed by atoms with Gasteiger partial charge in [-0.2, -0.15) is 0 Å². The van der Waals surface area contributed by atoms with Crippen molar-refractivity contribution >= 4 is 33.0 Å². The monoisotopic (exact) mass is 250 g/mol. The topological polar surface area (TPSA) is 37.3 Å². The summed E-state index contributed by atoms with van der Waals surface area (Å²) >= 11 is 3.34. The molecular weight excluding hydrogens is 244 g/mol. The van der Waals surface area contributed by atoms with Crippen LogP contribution in [0.2, 0.25) is 0 Å². The molecule has 0 radical (unpaired) electrons. The minimum atomic E-state index is 0.211. The van der Waals surface area contributed by atoms with Gasteiger partial charge in [0.1, 0.15) is 12.0 Å². The van der Waals surface area contributed by atoms with E-state index in [0.29, 0.717) is 5.56 Å². The molecule has 0 amide bonds. The molecule has 0 unspecified atom stereocenters. The lowest BCUT2D eigenvalue weighted by atomic mass is 10.1. The summed E-state index contributed by atoms with van der Waals surface area (Å²) in [5.41, 5.74) is 0.629. The molecule has 0 fully saturated rings. The molecule has 0 aliphatic heterocycles. The molecule has 0 aliphatic carbocycles. The first kappa shape index (κ1) is 9.21. The van der Waals surface area contributed by atoms with Crippen LogP contribution in [-0.2, 0) is 0 Å². The fourth-order valence-corrected chi connectivity index (χ4v) is 1.97. The van der Waals surface area contributed by atoms with Crippen molar-refractivity contribution in [3.05, 3.63) is 40.4 Å². The van der Waals surface area contributed by atoms with Crippen molar-refractivity contribution in [2.45, 2.75) is 0 Å². The van der Waals surface area contributed by atoms with Gasteiger partial charge < -0.3 is 5.11 Å². The SMILES string of the molecule is O=Cc1ccc2cc(O)cc(Br)c2c1. The summed E-state index contributed by atoms with van der Waals surface area (Å²) in [5.74, 6) is 0.211. The number of benzene rings is 2. The Balaban J connectivity index is 2.81. The predicted molar refractivity (Wildman–Crippen MR) is 58.7 cm³/mol. The number of phenols is 1. The molecule has 0 atom stereocenters. The third-order valence-electron chi connectivity index (χ3n) is 2.05. The molecule has 0 saturated carbocycles. The fourth-order valence-electron chi connectivity index (χ4n) is 1.39. The highest BCUT2D eigenvalue weighted by Crippen LogP contribution is 2.29. The van der Waals surface area contributed by atoms with Gasteiger partial charge in [0.05, 0.1) is 0 Å². The maximum Gasteiger partial charge on any atom is 0.150 e. The van der Waals surface area contributed by atoms with Gasteiger partial charge in [-0.25, -0.2) is 0 Å². The van der Waals surface area contributed by atoms with Crippen LogP contribution in [0, 0.1) is 0 Å². The van der Waals surface area contributed by atoms with Crippen LogP contribution in [0.5, 0.6) is 5.75 Å². The number of hydrogen-bond donors (Lipinski definition) is 1. The number of hydrogen-bond acceptors (Lipinski definition) is 2. The Morgan fingerprint density at radius 1 is 1.21 bits per heavy atom. The summed E-state index contributed by atoms with van der Waals surface area (Å²) in [7, 11) is 0. The van der Waals surface area contributed by atoms with Gasteiger partial charge in [-0.3, -0.25) is 4.79 Å². The van der Waals surface area contributed by atoms with Crippen LogP contribution in [0.15, 0.2) is 34.8 Å². The Kier molecular flexibility index (Phi) is 2.25. The van der Waals surface area contributed by atoms with E-state index in [0.717, 1.165) is 21.5 Å². The lowest BCUT2D eigenvalue weighted by Crippen LogP contribution is -1.81. The van der Waals surface area contributed by atoms with E-state index >= 15 is 0 Å². The molecule has 2 aromatic rings. The number of aldehydes is 1. The summed E-state index contributed by atoms with van der Waals surface area (Å²) in [5, 5.41) is 11.2. The summed E-state index contributed by atoms with van der Waals surface area (Å²) in [6.45, 7) is 0. The molecule has 0 saturated heterocycles. The van der Waals surface area contributed by atoms with Crippen LogP contribution in [0.4, 0.5) is 0 Å². The third kappa shape index (κ3) is 1.51. The molecule has 1 N–H and O–H groups in total. The Morgan fingerprint density at radius 3 is 2.71 bits per heavy atom. The van der Waals surface area contributed by atoms with Crippen LogP contribution < -0.4 is 0 Å². The maximum absolute atomic E-state index is 10.6. The van der Waals surface area contributed by atoms with Crippen LogP contribution in [0.25, 0.3) is 10.8 Å². The van der Waals surface area contributed by atoms with Gasteiger partial charge in [0.25, 0.3) is 0 Å². The summed E-state index contributed by atoms with van der Waals surface area (Å²) in [6.07, 6.45) is 0.804. The Bertz CT molecular complexity index is 506. The Labute approximate surface area is 89.3 Å². The van der Waals surface area contributed by atoms with Crippen molar-refractivity contribution < 1.29 is 9.90 Å². The van der Waals surface area contributed by atoms with Gasteiger partial charge in [-0.05, 0) is 29.0 Å². The lowest BCUT2D eigenvalue weighted by Gasteiger charge is -2.02. The molecule has 0 bridgehead atoms. The van der Waals surface area contributed by atoms with E-state index in [1.807, 2.05) is 6.07 Å². The first-order chi connectivity index (χ1) is 6.70. The second-order valence-corrected chi connectivity index (χ2v) is 3.88. The van der Waals surface area contributed by atoms with E-state index in [1.54, 1.807) is 24.3 Å². The van der Waals surface area contributed by atoms with Gasteiger partial charge in [0.2, 0.25) is 0 Å². The summed E-state index contributed by atoms with van der Waals surface area (Å²) in [6, 6.07) is 8.59. The molecule has 0 spiro atoms. The first-order valence-corrected chi connectivity index (χ1v) is 4.87. The van der Waals surface area contributed by atoms with Crippen molar-refractivity contribution in [2.75, 3.05) is 0 Å². The molecule has 0 aliphatic rings. The van der Waals surface area contributed by atoms with Crippen LogP contribution in [0.3, 0.4) is 0 Å². The average Bonchev–Trinajstić information content (AvgIpc) is 2.17. The molecule has 0 heterocycles. The predicted octanol–water partition coefficient (Wildman–Crippen LogP) is 3.12. The zero-order valence-electron chi connectivity index (χ0n) is 7.20. The minimum Gasteiger partial charge on any atom is -0.508 e. The van der Waals surface area contributed by atoms with Gasteiger partial charge in [-0.15, -0.1) is 0 Å². The lowest BCUT2D eigenvalue weighted by molar-refractivity contribution is 0.112. The van der Waals surface area contributed by atoms with Crippen LogP contribution in [-0.4, -0.2) is 11.4 Å². The normalized spacial score (nSPS) is 10.4. The number of halogens is 1. The van der Waals surface area contributed by atoms with Crippen LogP contribution in [0.1, 0.15) is 10.4 Å². The summed E-state index contributed by atoms with van der Waals surface area (Å²) < 4.78 is 0.788. The standard InChI is InChI=1S/C11H7BrO2/c12-11-5-9(14)4-8-2-1-7(6-13)3-10(8)11/h1-6,14H. The second kappa shape index (κ2) is 3.42. The second-order valence-electron chi connectivity index (χ2n) is 3.03. The van der Waals surface area contributed by atoms with Gasteiger partial charge in [-0.1, -0.05) is 28.1 Å². The van der Waals surface area contributed by atoms with Gasteiger partial charge in [0, 0.05) is 10.0 Å². The Morgan fingerprint density at radius 2 is 2.00 bits per heavy atom.